The Hall–Kier alpha value is -0.260. The molecule has 4 rings (SSSR count). The first-order valence-corrected chi connectivity index (χ1v) is 10.6. The quantitative estimate of drug-likeness (QED) is 0.488. The van der Waals surface area contributed by atoms with Gasteiger partial charge < -0.3 is 0 Å². The van der Waals surface area contributed by atoms with Crippen LogP contribution in [0.15, 0.2) is 12.7 Å². The second kappa shape index (κ2) is 5.63. The van der Waals surface area contributed by atoms with Crippen molar-refractivity contribution < 1.29 is 0 Å². The fourth-order valence-electron chi connectivity index (χ4n) is 8.36. The number of allylic oxidation sites excluding steroid dienone is 1. The standard InChI is InChI=1S/C23H38/c1-5-16(2)19-11-12-20-18-10-9-17-8-6-7-14-22(17,3)21(18)13-15-23(19,20)4/h5,16-21H,1,6-15H2,2-4H3/t16-,17?,18+,19-,20+,21+,22+,23-/m1/s1. The lowest BCUT2D eigenvalue weighted by Gasteiger charge is -2.60. The topological polar surface area (TPSA) is 0 Å². The highest BCUT2D eigenvalue weighted by molar-refractivity contribution is 5.10. The molecule has 4 aliphatic carbocycles. The van der Waals surface area contributed by atoms with E-state index in [9.17, 15) is 0 Å². The lowest BCUT2D eigenvalue weighted by atomic mass is 9.44. The largest absolute Gasteiger partial charge is 0.103 e. The van der Waals surface area contributed by atoms with Crippen LogP contribution in [-0.4, -0.2) is 0 Å². The Bertz CT molecular complexity index is 465. The molecule has 0 heteroatoms. The zero-order valence-corrected chi connectivity index (χ0v) is 15.8. The van der Waals surface area contributed by atoms with E-state index in [-0.39, 0.29) is 0 Å². The van der Waals surface area contributed by atoms with Gasteiger partial charge in [-0.05, 0) is 97.7 Å². The maximum Gasteiger partial charge on any atom is -0.0231 e. The fraction of sp³-hybridized carbons (Fsp3) is 0.913. The summed E-state index contributed by atoms with van der Waals surface area (Å²) in [6, 6.07) is 0. The van der Waals surface area contributed by atoms with Crippen LogP contribution in [0.5, 0.6) is 0 Å². The van der Waals surface area contributed by atoms with Gasteiger partial charge in [-0.3, -0.25) is 0 Å². The number of rotatable bonds is 2. The maximum absolute atomic E-state index is 4.12. The van der Waals surface area contributed by atoms with Crippen LogP contribution in [0, 0.1) is 46.3 Å². The van der Waals surface area contributed by atoms with Crippen LogP contribution in [0.3, 0.4) is 0 Å². The minimum Gasteiger partial charge on any atom is -0.103 e. The zero-order chi connectivity index (χ0) is 16.2. The molecule has 0 aliphatic heterocycles. The number of hydrogen-bond donors (Lipinski definition) is 0. The summed E-state index contributed by atoms with van der Waals surface area (Å²) in [5.74, 6) is 5.80. The highest BCUT2D eigenvalue weighted by Crippen LogP contribution is 2.68. The molecule has 0 saturated heterocycles. The second-order valence-corrected chi connectivity index (χ2v) is 10.2. The highest BCUT2D eigenvalue weighted by Gasteiger charge is 2.59. The van der Waals surface area contributed by atoms with E-state index in [2.05, 4.69) is 33.4 Å². The van der Waals surface area contributed by atoms with Gasteiger partial charge in [0.15, 0.2) is 0 Å². The summed E-state index contributed by atoms with van der Waals surface area (Å²) >= 11 is 0. The predicted molar refractivity (Wildman–Crippen MR) is 99.2 cm³/mol. The molecule has 4 saturated carbocycles. The van der Waals surface area contributed by atoms with E-state index < -0.39 is 0 Å². The van der Waals surface area contributed by atoms with Crippen molar-refractivity contribution in [2.75, 3.05) is 0 Å². The van der Waals surface area contributed by atoms with Crippen molar-refractivity contribution in [1.82, 2.24) is 0 Å². The average Bonchev–Trinajstić information content (AvgIpc) is 2.91. The minimum absolute atomic E-state index is 0.618. The van der Waals surface area contributed by atoms with Gasteiger partial charge in [0, 0.05) is 0 Å². The Morgan fingerprint density at radius 2 is 1.65 bits per heavy atom. The van der Waals surface area contributed by atoms with Crippen molar-refractivity contribution in [3.05, 3.63) is 12.7 Å². The third-order valence-corrected chi connectivity index (χ3v) is 9.66. The first-order valence-electron chi connectivity index (χ1n) is 10.6. The fourth-order valence-corrected chi connectivity index (χ4v) is 8.36. The van der Waals surface area contributed by atoms with E-state index in [1.807, 2.05) is 0 Å². The Morgan fingerprint density at radius 1 is 0.870 bits per heavy atom. The molecule has 0 amide bonds. The monoisotopic (exact) mass is 314 g/mol. The van der Waals surface area contributed by atoms with Gasteiger partial charge in [-0.25, -0.2) is 0 Å². The van der Waals surface area contributed by atoms with Crippen LogP contribution in [-0.2, 0) is 0 Å². The second-order valence-electron chi connectivity index (χ2n) is 10.2. The van der Waals surface area contributed by atoms with Crippen LogP contribution in [0.4, 0.5) is 0 Å². The van der Waals surface area contributed by atoms with Crippen molar-refractivity contribution in [3.63, 3.8) is 0 Å². The molecule has 0 aromatic carbocycles. The molecule has 0 N–H and O–H groups in total. The highest BCUT2D eigenvalue weighted by atomic mass is 14.6. The molecule has 4 aliphatic rings. The van der Waals surface area contributed by atoms with Crippen LogP contribution in [0.25, 0.3) is 0 Å². The van der Waals surface area contributed by atoms with Gasteiger partial charge in [0.05, 0.1) is 0 Å². The maximum atomic E-state index is 4.12. The van der Waals surface area contributed by atoms with E-state index in [1.54, 1.807) is 12.8 Å². The first kappa shape index (κ1) is 16.2. The van der Waals surface area contributed by atoms with Crippen LogP contribution >= 0.6 is 0 Å². The molecule has 23 heavy (non-hydrogen) atoms. The molecule has 0 radical (unpaired) electrons. The number of fused-ring (bicyclic) bond motifs is 5. The average molecular weight is 315 g/mol. The zero-order valence-electron chi connectivity index (χ0n) is 15.8. The van der Waals surface area contributed by atoms with Crippen molar-refractivity contribution in [3.8, 4) is 0 Å². The molecular formula is C23H38. The Morgan fingerprint density at radius 3 is 2.43 bits per heavy atom. The van der Waals surface area contributed by atoms with E-state index in [0.29, 0.717) is 16.7 Å². The van der Waals surface area contributed by atoms with Crippen LogP contribution < -0.4 is 0 Å². The van der Waals surface area contributed by atoms with Gasteiger partial charge in [-0.2, -0.15) is 0 Å². The summed E-state index contributed by atoms with van der Waals surface area (Å²) in [6.45, 7) is 11.9. The van der Waals surface area contributed by atoms with Gasteiger partial charge in [-0.15, -0.1) is 6.58 Å². The van der Waals surface area contributed by atoms with E-state index in [1.165, 1.54) is 51.4 Å². The third kappa shape index (κ3) is 2.22. The summed E-state index contributed by atoms with van der Waals surface area (Å²) in [6.07, 6.45) is 17.5. The lowest BCUT2D eigenvalue weighted by Crippen LogP contribution is -2.53. The van der Waals surface area contributed by atoms with E-state index in [0.717, 1.165) is 29.6 Å². The molecule has 4 fully saturated rings. The van der Waals surface area contributed by atoms with Crippen molar-refractivity contribution >= 4 is 0 Å². The molecule has 0 bridgehead atoms. The van der Waals surface area contributed by atoms with E-state index in [4.69, 9.17) is 0 Å². The van der Waals surface area contributed by atoms with Gasteiger partial charge >= 0.3 is 0 Å². The normalized spacial score (nSPS) is 53.8. The Kier molecular flexibility index (Phi) is 3.97. The summed E-state index contributed by atoms with van der Waals surface area (Å²) in [5.41, 5.74) is 1.32. The van der Waals surface area contributed by atoms with Crippen molar-refractivity contribution in [2.45, 2.75) is 85.0 Å². The summed E-state index contributed by atoms with van der Waals surface area (Å²) in [7, 11) is 0. The third-order valence-electron chi connectivity index (χ3n) is 9.66. The SMILES string of the molecule is C=C[C@@H](C)[C@H]1CC[C@H]2[C@@H]3CCC4CCCC[C@]4(C)[C@H]3CC[C@]12C. The summed E-state index contributed by atoms with van der Waals surface area (Å²) in [4.78, 5) is 0. The number of hydrogen-bond acceptors (Lipinski definition) is 0. The Balaban J connectivity index is 1.61. The molecule has 0 heterocycles. The Labute approximate surface area is 144 Å². The molecule has 0 spiro atoms. The summed E-state index contributed by atoms with van der Waals surface area (Å²) in [5, 5.41) is 0. The van der Waals surface area contributed by atoms with Gasteiger partial charge in [0.2, 0.25) is 0 Å². The molecule has 0 nitrogen and oxygen atoms in total. The summed E-state index contributed by atoms with van der Waals surface area (Å²) < 4.78 is 0. The van der Waals surface area contributed by atoms with Gasteiger partial charge in [0.25, 0.3) is 0 Å². The van der Waals surface area contributed by atoms with Crippen LogP contribution in [0.1, 0.15) is 85.0 Å². The molecule has 1 unspecified atom stereocenters. The first-order chi connectivity index (χ1) is 11.0. The predicted octanol–water partition coefficient (Wildman–Crippen LogP) is 6.86. The van der Waals surface area contributed by atoms with Gasteiger partial charge in [0.1, 0.15) is 0 Å². The van der Waals surface area contributed by atoms with Crippen LogP contribution in [0.2, 0.25) is 0 Å². The molecule has 8 atom stereocenters. The minimum atomic E-state index is 0.618. The molecular weight excluding hydrogens is 276 g/mol. The van der Waals surface area contributed by atoms with Crippen molar-refractivity contribution in [2.24, 2.45) is 46.3 Å². The van der Waals surface area contributed by atoms with E-state index >= 15 is 0 Å². The smallest absolute Gasteiger partial charge is 0.0231 e. The van der Waals surface area contributed by atoms with Gasteiger partial charge in [-0.1, -0.05) is 39.7 Å². The lowest BCUT2D eigenvalue weighted by molar-refractivity contribution is -0.112. The molecule has 0 aromatic rings. The molecule has 130 valence electrons. The van der Waals surface area contributed by atoms with Crippen molar-refractivity contribution in [1.29, 1.82) is 0 Å². The molecule has 0 aromatic heterocycles.